The summed E-state index contributed by atoms with van der Waals surface area (Å²) in [4.78, 5) is 0. The van der Waals surface area contributed by atoms with Gasteiger partial charge >= 0.3 is 0 Å². The van der Waals surface area contributed by atoms with E-state index in [1.165, 1.54) is 106 Å². The van der Waals surface area contributed by atoms with Gasteiger partial charge in [0.05, 0.1) is 0 Å². The molecule has 0 saturated carbocycles. The van der Waals surface area contributed by atoms with Crippen molar-refractivity contribution in [1.82, 2.24) is 0 Å². The first-order valence-electron chi connectivity index (χ1n) is 17.0. The van der Waals surface area contributed by atoms with Gasteiger partial charge < -0.3 is 0 Å². The molecular weight excluding hydrogens is 629 g/mol. The van der Waals surface area contributed by atoms with Crippen LogP contribution in [0, 0.1) is 0 Å². The minimum atomic E-state index is -0.0463. The fraction of sp³-hybridized carbons (Fsp3) is 0.0638. The summed E-state index contributed by atoms with van der Waals surface area (Å²) < 4.78 is 5.43. The van der Waals surface area contributed by atoms with E-state index in [2.05, 4.69) is 159 Å². The molecule has 0 atom stereocenters. The summed E-state index contributed by atoms with van der Waals surface area (Å²) in [6, 6.07) is 55.0. The Morgan fingerprint density at radius 3 is 1.53 bits per heavy atom. The lowest BCUT2D eigenvalue weighted by Crippen LogP contribution is -2.14. The largest absolute Gasteiger partial charge is 0.135 e. The van der Waals surface area contributed by atoms with E-state index in [0.29, 0.717) is 0 Å². The smallest absolute Gasteiger partial charge is 0.0369 e. The van der Waals surface area contributed by atoms with Crippen molar-refractivity contribution >= 4 is 84.6 Å². The predicted molar refractivity (Wildman–Crippen MR) is 216 cm³/mol. The molecule has 49 heavy (non-hydrogen) atoms. The Morgan fingerprint density at radius 1 is 0.347 bits per heavy atom. The molecule has 230 valence electrons. The number of hydrogen-bond donors (Lipinski definition) is 0. The molecule has 2 aromatic heterocycles. The number of thiophene rings is 2. The molecule has 0 unspecified atom stereocenters. The fourth-order valence-corrected chi connectivity index (χ4v) is 11.1. The summed E-state index contributed by atoms with van der Waals surface area (Å²) in [5, 5.41) is 10.6. The van der Waals surface area contributed by atoms with Crippen molar-refractivity contribution in [3.05, 3.63) is 157 Å². The summed E-state index contributed by atoms with van der Waals surface area (Å²) in [6.45, 7) is 4.74. The topological polar surface area (TPSA) is 0 Å². The number of rotatable bonds is 2. The van der Waals surface area contributed by atoms with Crippen LogP contribution < -0.4 is 0 Å². The second-order valence-electron chi connectivity index (χ2n) is 14.0. The SMILES string of the molecule is CC1(C)c2ccccc2-c2ccc(-c3c4ccccc4c(-c4ccc5c(c4)sc4cc6sc7ccccc7c6cc45)c4ccccc34)cc21. The number of fused-ring (bicyclic) bond motifs is 11. The van der Waals surface area contributed by atoms with Crippen LogP contribution in [0.3, 0.4) is 0 Å². The van der Waals surface area contributed by atoms with Crippen LogP contribution in [0.4, 0.5) is 0 Å². The molecule has 0 nitrogen and oxygen atoms in total. The van der Waals surface area contributed by atoms with E-state index in [0.717, 1.165) is 0 Å². The van der Waals surface area contributed by atoms with Crippen LogP contribution in [0.15, 0.2) is 146 Å². The molecule has 0 radical (unpaired) electrons. The molecule has 2 heteroatoms. The third-order valence-electron chi connectivity index (χ3n) is 11.1. The van der Waals surface area contributed by atoms with Crippen LogP contribution in [-0.2, 0) is 5.41 Å². The van der Waals surface area contributed by atoms with Gasteiger partial charge in [0.15, 0.2) is 0 Å². The van der Waals surface area contributed by atoms with Gasteiger partial charge in [0.1, 0.15) is 0 Å². The van der Waals surface area contributed by atoms with E-state index in [4.69, 9.17) is 0 Å². The van der Waals surface area contributed by atoms with E-state index in [1.807, 2.05) is 22.7 Å². The first-order valence-corrected chi connectivity index (χ1v) is 18.6. The molecule has 0 bridgehead atoms. The maximum absolute atomic E-state index is 2.47. The summed E-state index contributed by atoms with van der Waals surface area (Å²) in [5.41, 5.74) is 10.7. The Bertz CT molecular complexity index is 2970. The minimum Gasteiger partial charge on any atom is -0.135 e. The van der Waals surface area contributed by atoms with E-state index in [1.54, 1.807) is 0 Å². The zero-order valence-electron chi connectivity index (χ0n) is 27.2. The van der Waals surface area contributed by atoms with Gasteiger partial charge in [-0.05, 0) is 96.4 Å². The van der Waals surface area contributed by atoms with Crippen molar-refractivity contribution in [2.24, 2.45) is 0 Å². The van der Waals surface area contributed by atoms with Crippen molar-refractivity contribution in [2.75, 3.05) is 0 Å². The minimum absolute atomic E-state index is 0.0463. The van der Waals surface area contributed by atoms with E-state index < -0.39 is 0 Å². The van der Waals surface area contributed by atoms with E-state index in [-0.39, 0.29) is 5.41 Å². The van der Waals surface area contributed by atoms with E-state index >= 15 is 0 Å². The van der Waals surface area contributed by atoms with Crippen LogP contribution in [0.25, 0.3) is 95.3 Å². The maximum Gasteiger partial charge on any atom is 0.0369 e. The Kier molecular flexibility index (Phi) is 5.58. The van der Waals surface area contributed by atoms with Crippen LogP contribution >= 0.6 is 22.7 Å². The second-order valence-corrected chi connectivity index (χ2v) is 16.2. The van der Waals surface area contributed by atoms with Crippen molar-refractivity contribution in [3.63, 3.8) is 0 Å². The van der Waals surface area contributed by atoms with Gasteiger partial charge in [-0.2, -0.15) is 0 Å². The average Bonchev–Trinajstić information content (AvgIpc) is 3.76. The van der Waals surface area contributed by atoms with Gasteiger partial charge in [-0.15, -0.1) is 22.7 Å². The molecular formula is C47H30S2. The highest BCUT2D eigenvalue weighted by atomic mass is 32.1. The molecule has 0 N–H and O–H groups in total. The first kappa shape index (κ1) is 27.6. The lowest BCUT2D eigenvalue weighted by atomic mass is 9.80. The highest BCUT2D eigenvalue weighted by Crippen LogP contribution is 2.51. The van der Waals surface area contributed by atoms with Gasteiger partial charge in [0.25, 0.3) is 0 Å². The molecule has 0 fully saturated rings. The van der Waals surface area contributed by atoms with Crippen LogP contribution in [0.2, 0.25) is 0 Å². The molecule has 1 aliphatic rings. The second kappa shape index (κ2) is 9.89. The monoisotopic (exact) mass is 658 g/mol. The van der Waals surface area contributed by atoms with Crippen molar-refractivity contribution in [2.45, 2.75) is 19.3 Å². The van der Waals surface area contributed by atoms with E-state index in [9.17, 15) is 0 Å². The highest BCUT2D eigenvalue weighted by molar-refractivity contribution is 7.28. The van der Waals surface area contributed by atoms with Gasteiger partial charge in [-0.3, -0.25) is 0 Å². The lowest BCUT2D eigenvalue weighted by molar-refractivity contribution is 0.660. The number of benzene rings is 8. The molecule has 0 spiro atoms. The molecule has 0 saturated heterocycles. The molecule has 0 amide bonds. The molecule has 8 aromatic carbocycles. The fourth-order valence-electron chi connectivity index (χ4n) is 8.76. The Hall–Kier alpha value is -5.28. The van der Waals surface area contributed by atoms with Crippen molar-refractivity contribution < 1.29 is 0 Å². The summed E-state index contributed by atoms with van der Waals surface area (Å²) in [6.07, 6.45) is 0. The highest BCUT2D eigenvalue weighted by Gasteiger charge is 2.35. The summed E-state index contributed by atoms with van der Waals surface area (Å²) in [7, 11) is 0. The van der Waals surface area contributed by atoms with Crippen LogP contribution in [0.1, 0.15) is 25.0 Å². The van der Waals surface area contributed by atoms with Crippen LogP contribution in [0.5, 0.6) is 0 Å². The molecule has 2 heterocycles. The van der Waals surface area contributed by atoms with Crippen molar-refractivity contribution in [3.8, 4) is 33.4 Å². The Balaban J connectivity index is 1.14. The molecule has 0 aliphatic heterocycles. The van der Waals surface area contributed by atoms with Gasteiger partial charge in [-0.1, -0.05) is 129 Å². The number of hydrogen-bond acceptors (Lipinski definition) is 2. The third-order valence-corrected chi connectivity index (χ3v) is 13.3. The molecule has 10 aromatic rings. The van der Waals surface area contributed by atoms with Gasteiger partial charge in [-0.25, -0.2) is 0 Å². The first-order chi connectivity index (χ1) is 24.0. The summed E-state index contributed by atoms with van der Waals surface area (Å²) >= 11 is 3.82. The quantitative estimate of drug-likeness (QED) is 0.162. The van der Waals surface area contributed by atoms with Crippen molar-refractivity contribution in [1.29, 1.82) is 0 Å². The zero-order valence-corrected chi connectivity index (χ0v) is 28.8. The van der Waals surface area contributed by atoms with Gasteiger partial charge in [0.2, 0.25) is 0 Å². The normalized spacial score (nSPS) is 13.7. The summed E-state index contributed by atoms with van der Waals surface area (Å²) in [5.74, 6) is 0. The average molecular weight is 659 g/mol. The third kappa shape index (κ3) is 3.79. The molecule has 1 aliphatic carbocycles. The Morgan fingerprint density at radius 2 is 0.837 bits per heavy atom. The van der Waals surface area contributed by atoms with Gasteiger partial charge in [0, 0.05) is 45.8 Å². The van der Waals surface area contributed by atoms with Crippen LogP contribution in [-0.4, -0.2) is 0 Å². The maximum atomic E-state index is 2.47. The predicted octanol–water partition coefficient (Wildman–Crippen LogP) is 14.4. The zero-order chi connectivity index (χ0) is 32.4. The standard InChI is InChI=1S/C47H30S2/c1-47(2)39-17-9-7-11-29(39)30-21-19-27(23-40(30)47)45-33-13-3-5-15-35(33)46(36-16-6-4-14-34(36)45)28-20-22-32-38-25-37-31-12-8-10-18-41(31)48-43(37)26-44(38)49-42(32)24-28/h3-26H,1-2H3. The Labute approximate surface area is 292 Å². The molecule has 11 rings (SSSR count). The lowest BCUT2D eigenvalue weighted by Gasteiger charge is -2.23.